The van der Waals surface area contributed by atoms with Crippen molar-refractivity contribution in [2.75, 3.05) is 0 Å². The minimum atomic E-state index is -1.92. The molecule has 19 rings (SSSR count). The highest BCUT2D eigenvalue weighted by atomic mass is 79.9. The van der Waals surface area contributed by atoms with Gasteiger partial charge in [-0.3, -0.25) is 24.7 Å². The zero-order valence-electron chi connectivity index (χ0n) is 78.5. The maximum atomic E-state index is 12.0. The standard InChI is InChI=1S/C28H23NP.C20H26N2O2.C20H24N2O2.C15H18N2.C10H8BrN.C10H17NO3.C10H9N.BrH.ClH/c1-4-13-25(14-5-1)30(26-15-6-2-7-16-26,27-17-8-3-9-18-27)22-24-21-20-23-12-10-11-19-28(23)29-24;2*1-20(2,3)24-19(23)22-18-10-6-8-15(18)13-16-12-11-14-7-4-5-9-17(14)21-16;16-14-6-3-5-12(14)10-13-9-8-11-4-1-2-7-15(11)17-13;11-7-9-6-5-8-3-1-2-4-10(8)12-9;1-10(2,3)14-9(13)11-7-5-4-6-8(7)12;1-8-6-7-9-4-2-3-5-10(9)11-8;;/h1-21H,22H2;4-5,7,9,11-12,15,18H,6,8,10,13H2,1-3H3,(H,22,23);4-5,7,9,11-13,18H,6,8,10H2,1-3H3,(H,22,23);1-2,4,7-9,12,14H,3,5-6,10,16H2;1-6H,7H2;7H,4-6H2,1-3H3,(H,11,13);2-7H,1H3;2*1H/q+1;;;;;;;;/p-1/b;;15-13+;;;;;;. The number of Topliss-reactive ketones (excluding diaryl/α,β-unsaturated/α-hetero) is 1. The third kappa shape index (κ3) is 30.7. The topological polar surface area (TPSA) is 235 Å². The molecule has 696 valence electrons. The van der Waals surface area contributed by atoms with E-state index in [-0.39, 0.29) is 65.5 Å². The van der Waals surface area contributed by atoms with Crippen molar-refractivity contribution in [3.05, 3.63) is 349 Å². The molecule has 6 unspecified atom stereocenters. The van der Waals surface area contributed by atoms with Crippen LogP contribution in [0.15, 0.2) is 315 Å². The number of ether oxygens (including phenoxy) is 3. The normalized spacial score (nSPS) is 17.0. The van der Waals surface area contributed by atoms with E-state index in [2.05, 4.69) is 260 Å². The van der Waals surface area contributed by atoms with Crippen LogP contribution in [0.5, 0.6) is 0 Å². The number of nitrogens with zero attached hydrogens (tertiary/aromatic N) is 6. The summed E-state index contributed by atoms with van der Waals surface area (Å²) in [6, 6.07) is 108. The van der Waals surface area contributed by atoms with E-state index in [9.17, 15) is 19.2 Å². The Morgan fingerprint density at radius 3 is 1.15 bits per heavy atom. The monoisotopic (exact) mass is 1960 g/mol. The Bertz CT molecular complexity index is 6280. The fraction of sp³-hybridized carbons (Fsp3) is 0.310. The van der Waals surface area contributed by atoms with Crippen LogP contribution in [0.1, 0.15) is 174 Å². The molecule has 4 fully saturated rings. The van der Waals surface area contributed by atoms with Crippen LogP contribution in [0.3, 0.4) is 0 Å². The van der Waals surface area contributed by atoms with Crippen LogP contribution >= 0.6 is 35.6 Å². The Hall–Kier alpha value is -11.7. The molecule has 4 aliphatic rings. The van der Waals surface area contributed by atoms with Crippen molar-refractivity contribution in [2.45, 2.75) is 212 Å². The first-order chi connectivity index (χ1) is 63.6. The lowest BCUT2D eigenvalue weighted by atomic mass is 9.97. The van der Waals surface area contributed by atoms with E-state index < -0.39 is 30.2 Å². The van der Waals surface area contributed by atoms with E-state index in [0.717, 1.165) is 148 Å². The number of rotatable bonds is 14. The molecule has 4 aliphatic carbocycles. The number of hydrogen-bond acceptors (Lipinski definition) is 14. The number of halogens is 3. The Labute approximate surface area is 815 Å². The quantitative estimate of drug-likeness (QED) is 0.0450. The molecule has 6 aromatic heterocycles. The molecule has 0 bridgehead atoms. The fourth-order valence-electron chi connectivity index (χ4n) is 17.2. The van der Waals surface area contributed by atoms with Crippen molar-refractivity contribution in [1.82, 2.24) is 45.9 Å². The van der Waals surface area contributed by atoms with Crippen molar-refractivity contribution in [3.8, 4) is 0 Å². The molecule has 0 aliphatic heterocycles. The minimum absolute atomic E-state index is 0. The molecule has 9 aromatic carbocycles. The van der Waals surface area contributed by atoms with E-state index in [4.69, 9.17) is 39.9 Å². The van der Waals surface area contributed by atoms with Crippen LogP contribution in [0.2, 0.25) is 0 Å². The van der Waals surface area contributed by atoms with Crippen molar-refractivity contribution < 1.29 is 50.4 Å². The summed E-state index contributed by atoms with van der Waals surface area (Å²) in [4.78, 5) is 74.6. The number of aromatic nitrogens is 6. The maximum absolute atomic E-state index is 12.0. The van der Waals surface area contributed by atoms with Crippen LogP contribution in [0.25, 0.3) is 71.5 Å². The second-order valence-corrected chi connectivity index (χ2v) is 41.3. The van der Waals surface area contributed by atoms with Crippen molar-refractivity contribution >= 4 is 147 Å². The van der Waals surface area contributed by atoms with E-state index in [1.165, 1.54) is 68.0 Å². The molecular weight excluding hydrogens is 1840 g/mol. The summed E-state index contributed by atoms with van der Waals surface area (Å²) < 4.78 is 15.8. The smallest absolute Gasteiger partial charge is 0.408 e. The first kappa shape index (κ1) is 103. The molecule has 4 saturated carbocycles. The summed E-state index contributed by atoms with van der Waals surface area (Å²) in [6.07, 6.45) is 15.9. The molecular formula is C113H126Br2ClN10O7P. The average Bonchev–Trinajstić information content (AvgIpc) is 0.815. The summed E-state index contributed by atoms with van der Waals surface area (Å²) in [5, 5.41) is 20.7. The fourth-order valence-corrected chi connectivity index (χ4v) is 21.7. The molecule has 6 atom stereocenters. The first-order valence-electron chi connectivity index (χ1n) is 46.3. The first-order valence-corrected chi connectivity index (χ1v) is 49.4. The van der Waals surface area contributed by atoms with Gasteiger partial charge in [0.1, 0.15) is 46.1 Å². The Balaban J connectivity index is 0.000000154. The molecule has 134 heavy (non-hydrogen) atoms. The van der Waals surface area contributed by atoms with Gasteiger partial charge in [-0.2, -0.15) is 0 Å². The summed E-state index contributed by atoms with van der Waals surface area (Å²) in [7, 11) is -1.92. The van der Waals surface area contributed by atoms with Gasteiger partial charge >= 0.3 is 18.3 Å². The van der Waals surface area contributed by atoms with Gasteiger partial charge in [0.25, 0.3) is 0 Å². The number of aryl methyl sites for hydroxylation is 1. The summed E-state index contributed by atoms with van der Waals surface area (Å²) >= 11 is 3.38. The van der Waals surface area contributed by atoms with Crippen molar-refractivity contribution in [3.63, 3.8) is 0 Å². The Morgan fingerprint density at radius 1 is 0.381 bits per heavy atom. The molecule has 21 heteroatoms. The van der Waals surface area contributed by atoms with Gasteiger partial charge in [0, 0.05) is 73.2 Å². The van der Waals surface area contributed by atoms with Crippen LogP contribution < -0.4 is 54.6 Å². The third-order valence-corrected chi connectivity index (χ3v) is 28.5. The average molecular weight is 1960 g/mol. The lowest BCUT2D eigenvalue weighted by molar-refractivity contribution is -0.119. The number of benzene rings is 9. The van der Waals surface area contributed by atoms with Crippen LogP contribution in [-0.2, 0) is 43.3 Å². The van der Waals surface area contributed by atoms with Crippen LogP contribution in [0, 0.1) is 18.8 Å². The number of amides is 3. The molecule has 6 heterocycles. The third-order valence-electron chi connectivity index (χ3n) is 23.6. The molecule has 0 radical (unpaired) electrons. The molecule has 0 saturated heterocycles. The van der Waals surface area contributed by atoms with Gasteiger partial charge in [-0.1, -0.05) is 229 Å². The zero-order chi connectivity index (χ0) is 93.0. The predicted octanol–water partition coefficient (Wildman–Crippen LogP) is 22.5. The molecule has 15 aromatic rings. The summed E-state index contributed by atoms with van der Waals surface area (Å²) in [5.41, 5.74) is 18.7. The van der Waals surface area contributed by atoms with E-state index in [1.54, 1.807) is 20.8 Å². The number of nitrogens with one attached hydrogen (secondary N) is 3. The summed E-state index contributed by atoms with van der Waals surface area (Å²) in [5.74, 6) is 1.16. The molecule has 0 spiro atoms. The highest BCUT2D eigenvalue weighted by Gasteiger charge is 2.46. The van der Waals surface area contributed by atoms with E-state index >= 15 is 0 Å². The highest BCUT2D eigenvalue weighted by Crippen LogP contribution is 2.58. The van der Waals surface area contributed by atoms with Crippen molar-refractivity contribution in [2.24, 2.45) is 17.6 Å². The zero-order valence-corrected chi connectivity index (χ0v) is 83.4. The lowest BCUT2D eigenvalue weighted by Gasteiger charge is -2.27. The number of ketones is 1. The van der Waals surface area contributed by atoms with Gasteiger partial charge in [-0.05, 0) is 273 Å². The Kier molecular flexibility index (Phi) is 38.0. The molecule has 5 N–H and O–H groups in total. The number of alkyl carbamates (subject to hydrolysis) is 3. The summed E-state index contributed by atoms with van der Waals surface area (Å²) in [6.45, 7) is 18.7. The second kappa shape index (κ2) is 49.5. The minimum Gasteiger partial charge on any atom is -1.00 e. The lowest BCUT2D eigenvalue weighted by Crippen LogP contribution is -3.00. The SMILES string of the molecule is BrCc1ccc2ccccc2n1.CC(C)(C)OC(=O)NC1CCC/C1=C\c1ccc2ccccc2n1.CC(C)(C)OC(=O)NC1CCCC1=O.CC(C)(C)OC(=O)NC1CCCC1Cc1ccc2ccccc2n1.Cc1ccc2ccccc2n1.Cl.NC1CCCC1Cc1ccc2ccccc2n1.[Br-].c1ccc([P+](Cc2ccc3ccccc3n2)(c2ccccc2)c2ccccc2)cc1. The Morgan fingerprint density at radius 2 is 0.724 bits per heavy atom. The van der Waals surface area contributed by atoms with Gasteiger partial charge in [0.15, 0.2) is 5.78 Å². The van der Waals surface area contributed by atoms with Crippen LogP contribution in [-0.4, -0.2) is 94.9 Å². The van der Waals surface area contributed by atoms with Crippen LogP contribution in [0.4, 0.5) is 14.4 Å². The number of nitrogens with two attached hydrogens (primary N) is 1. The van der Waals surface area contributed by atoms with Gasteiger partial charge < -0.3 is 52.9 Å². The number of carbonyl (C=O) groups excluding carboxylic acids is 4. The largest absolute Gasteiger partial charge is 1.00 e. The number of para-hydroxylation sites is 6. The van der Waals surface area contributed by atoms with Gasteiger partial charge in [0.2, 0.25) is 0 Å². The maximum Gasteiger partial charge on any atom is 0.408 e. The number of alkyl halides is 1. The van der Waals surface area contributed by atoms with Crippen molar-refractivity contribution in [1.29, 1.82) is 0 Å². The second-order valence-electron chi connectivity index (χ2n) is 37.2. The number of fused-ring (bicyclic) bond motifs is 6. The number of carbonyl (C=O) groups is 4. The predicted molar refractivity (Wildman–Crippen MR) is 554 cm³/mol. The van der Waals surface area contributed by atoms with Gasteiger partial charge in [-0.25, -0.2) is 24.4 Å². The highest BCUT2D eigenvalue weighted by molar-refractivity contribution is 9.08. The van der Waals surface area contributed by atoms with Gasteiger partial charge in [-0.15, -0.1) is 12.4 Å². The van der Waals surface area contributed by atoms with E-state index in [1.807, 2.05) is 146 Å². The number of hydrogen-bond donors (Lipinski definition) is 4. The molecule has 3 amide bonds. The molecule has 17 nitrogen and oxygen atoms in total. The van der Waals surface area contributed by atoms with Gasteiger partial charge in [0.05, 0.1) is 62.3 Å². The number of pyridine rings is 6. The van der Waals surface area contributed by atoms with E-state index in [0.29, 0.717) is 24.3 Å².